The number of rotatable bonds is 7. The van der Waals surface area contributed by atoms with E-state index in [0.717, 1.165) is 12.1 Å². The van der Waals surface area contributed by atoms with Gasteiger partial charge < -0.3 is 54.7 Å². The molecule has 2 aliphatic heterocycles. The van der Waals surface area contributed by atoms with Gasteiger partial charge in [0.1, 0.15) is 54.6 Å². The molecule has 2 saturated heterocycles. The average Bonchev–Trinajstić information content (AvgIpc) is 2.79. The number of non-ortho nitro benzene ring substituents is 1. The van der Waals surface area contributed by atoms with Crippen LogP contribution in [-0.4, -0.2) is 115 Å². The monoisotopic (exact) mass is 463 g/mol. The van der Waals surface area contributed by atoms with Crippen LogP contribution < -0.4 is 4.74 Å². The molecule has 7 N–H and O–H groups in total. The van der Waals surface area contributed by atoms with Crippen LogP contribution in [0.25, 0.3) is 0 Å². The lowest BCUT2D eigenvalue weighted by Gasteiger charge is -2.45. The number of nitro benzene ring substituents is 1. The zero-order chi connectivity index (χ0) is 23.6. The van der Waals surface area contributed by atoms with Crippen LogP contribution in [0, 0.1) is 10.1 Å². The minimum atomic E-state index is -1.77. The molecule has 0 aliphatic carbocycles. The zero-order valence-corrected chi connectivity index (χ0v) is 16.5. The molecule has 14 nitrogen and oxygen atoms in total. The summed E-state index contributed by atoms with van der Waals surface area (Å²) in [4.78, 5) is 10.1. The van der Waals surface area contributed by atoms with Crippen molar-refractivity contribution in [2.75, 3.05) is 13.2 Å². The summed E-state index contributed by atoms with van der Waals surface area (Å²) in [7, 11) is 0. The van der Waals surface area contributed by atoms with E-state index in [9.17, 15) is 45.9 Å². The van der Waals surface area contributed by atoms with Crippen LogP contribution in [0.3, 0.4) is 0 Å². The first-order valence-corrected chi connectivity index (χ1v) is 9.67. The Balaban J connectivity index is 1.70. The van der Waals surface area contributed by atoms with Gasteiger partial charge in [-0.3, -0.25) is 10.1 Å². The summed E-state index contributed by atoms with van der Waals surface area (Å²) in [5, 5.41) is 80.4. The molecule has 10 atom stereocenters. The highest BCUT2D eigenvalue weighted by molar-refractivity contribution is 5.36. The van der Waals surface area contributed by atoms with Crippen molar-refractivity contribution in [2.45, 2.75) is 61.4 Å². The Morgan fingerprint density at radius 1 is 0.812 bits per heavy atom. The van der Waals surface area contributed by atoms with E-state index in [4.69, 9.17) is 18.9 Å². The highest BCUT2D eigenvalue weighted by Crippen LogP contribution is 2.30. The molecule has 0 aromatic heterocycles. The maximum absolute atomic E-state index is 10.7. The maximum atomic E-state index is 10.7. The Morgan fingerprint density at radius 3 is 1.94 bits per heavy atom. The van der Waals surface area contributed by atoms with Crippen LogP contribution >= 0.6 is 0 Å². The first-order valence-electron chi connectivity index (χ1n) is 9.67. The molecule has 180 valence electrons. The number of hydrogen-bond donors (Lipinski definition) is 7. The number of aliphatic hydroxyl groups is 7. The van der Waals surface area contributed by atoms with Gasteiger partial charge in [0.15, 0.2) is 6.29 Å². The molecule has 0 saturated carbocycles. The van der Waals surface area contributed by atoms with Crippen LogP contribution in [0.5, 0.6) is 5.75 Å². The molecule has 1 aromatic carbocycles. The lowest BCUT2D eigenvalue weighted by Crippen LogP contribution is -2.65. The van der Waals surface area contributed by atoms with Crippen LogP contribution in [0.15, 0.2) is 24.3 Å². The van der Waals surface area contributed by atoms with Gasteiger partial charge in [-0.05, 0) is 12.1 Å². The van der Waals surface area contributed by atoms with Crippen LogP contribution in [-0.2, 0) is 14.2 Å². The van der Waals surface area contributed by atoms with E-state index in [2.05, 4.69) is 0 Å². The number of nitro groups is 1. The fourth-order valence-corrected chi connectivity index (χ4v) is 3.43. The van der Waals surface area contributed by atoms with Gasteiger partial charge in [0.25, 0.3) is 5.69 Å². The van der Waals surface area contributed by atoms with Crippen molar-refractivity contribution in [2.24, 2.45) is 0 Å². The second-order valence-corrected chi connectivity index (χ2v) is 7.37. The minimum absolute atomic E-state index is 0.0804. The maximum Gasteiger partial charge on any atom is 0.269 e. The molecular formula is C18H25NO13. The SMILES string of the molecule is O=[N+]([O-])c1ccc(O[C@@H]2O[C@@H](CO)[C@@H](O[C@@H]3O[C@@H](CO)[C@H](O)[C@@H](O)[C@H]3O)[C@@H](O)[C@H]2O)cc1. The summed E-state index contributed by atoms with van der Waals surface area (Å²) < 4.78 is 21.5. The molecule has 2 aliphatic rings. The third kappa shape index (κ3) is 4.99. The van der Waals surface area contributed by atoms with E-state index >= 15 is 0 Å². The van der Waals surface area contributed by atoms with Crippen molar-refractivity contribution in [3.8, 4) is 5.75 Å². The predicted molar refractivity (Wildman–Crippen MR) is 100 cm³/mol. The van der Waals surface area contributed by atoms with E-state index in [1.165, 1.54) is 12.1 Å². The molecule has 14 heteroatoms. The van der Waals surface area contributed by atoms with Crippen molar-refractivity contribution in [1.82, 2.24) is 0 Å². The van der Waals surface area contributed by atoms with E-state index < -0.39 is 79.5 Å². The molecular weight excluding hydrogens is 438 g/mol. The van der Waals surface area contributed by atoms with Crippen molar-refractivity contribution >= 4 is 5.69 Å². The lowest BCUT2D eigenvalue weighted by atomic mass is 9.97. The van der Waals surface area contributed by atoms with E-state index in [0.29, 0.717) is 0 Å². The summed E-state index contributed by atoms with van der Waals surface area (Å²) in [6, 6.07) is 4.83. The number of benzene rings is 1. The fourth-order valence-electron chi connectivity index (χ4n) is 3.43. The number of ether oxygens (including phenoxy) is 4. The Kier molecular flexibility index (Phi) is 7.94. The van der Waals surface area contributed by atoms with E-state index in [-0.39, 0.29) is 11.4 Å². The van der Waals surface area contributed by atoms with Crippen molar-refractivity contribution in [1.29, 1.82) is 0 Å². The molecule has 2 fully saturated rings. The van der Waals surface area contributed by atoms with Crippen LogP contribution in [0.2, 0.25) is 0 Å². The summed E-state index contributed by atoms with van der Waals surface area (Å²) in [6.07, 6.45) is -15.7. The van der Waals surface area contributed by atoms with Gasteiger partial charge in [0, 0.05) is 12.1 Å². The van der Waals surface area contributed by atoms with E-state index in [1.54, 1.807) is 0 Å². The molecule has 1 aromatic rings. The molecule has 0 amide bonds. The van der Waals surface area contributed by atoms with Gasteiger partial charge in [-0.25, -0.2) is 0 Å². The Hall–Kier alpha value is -1.98. The van der Waals surface area contributed by atoms with Gasteiger partial charge in [0.05, 0.1) is 18.1 Å². The minimum Gasteiger partial charge on any atom is -0.462 e. The largest absolute Gasteiger partial charge is 0.462 e. The second kappa shape index (κ2) is 10.3. The number of hydrogen-bond acceptors (Lipinski definition) is 13. The molecule has 0 spiro atoms. The Morgan fingerprint density at radius 2 is 1.38 bits per heavy atom. The molecule has 0 radical (unpaired) electrons. The number of aliphatic hydroxyl groups excluding tert-OH is 7. The average molecular weight is 463 g/mol. The third-order valence-electron chi connectivity index (χ3n) is 5.26. The first kappa shape index (κ1) is 24.7. The lowest BCUT2D eigenvalue weighted by molar-refractivity contribution is -0.384. The van der Waals surface area contributed by atoms with E-state index in [1.807, 2.05) is 0 Å². The molecule has 32 heavy (non-hydrogen) atoms. The Bertz CT molecular complexity index is 760. The third-order valence-corrected chi connectivity index (χ3v) is 5.26. The highest BCUT2D eigenvalue weighted by atomic mass is 16.7. The van der Waals surface area contributed by atoms with Gasteiger partial charge in [0.2, 0.25) is 6.29 Å². The summed E-state index contributed by atoms with van der Waals surface area (Å²) >= 11 is 0. The standard InChI is InChI=1S/C18H25NO13/c20-5-9-11(22)12(23)14(25)18(30-9)32-16-10(6-21)31-17(15(26)13(16)24)29-8-3-1-7(2-4-8)19(27)28/h1-4,9-18,20-26H,5-6H2/t9-,10-,11-,12+,13-,14+,15+,16+,17+,18-/m0/s1. The van der Waals surface area contributed by atoms with Crippen molar-refractivity contribution in [3.63, 3.8) is 0 Å². The molecule has 2 heterocycles. The molecule has 0 bridgehead atoms. The smallest absolute Gasteiger partial charge is 0.269 e. The van der Waals surface area contributed by atoms with Gasteiger partial charge in [-0.15, -0.1) is 0 Å². The molecule has 3 rings (SSSR count). The number of nitrogens with zero attached hydrogens (tertiary/aromatic N) is 1. The summed E-state index contributed by atoms with van der Waals surface area (Å²) in [5.74, 6) is 0.0804. The quantitative estimate of drug-likeness (QED) is 0.155. The van der Waals surface area contributed by atoms with Gasteiger partial charge in [-0.2, -0.15) is 0 Å². The van der Waals surface area contributed by atoms with Crippen molar-refractivity contribution < 1.29 is 59.6 Å². The van der Waals surface area contributed by atoms with Crippen LogP contribution in [0.4, 0.5) is 5.69 Å². The van der Waals surface area contributed by atoms with Crippen molar-refractivity contribution in [3.05, 3.63) is 34.4 Å². The predicted octanol–water partition coefficient (Wildman–Crippen LogP) is -3.40. The summed E-state index contributed by atoms with van der Waals surface area (Å²) in [5.41, 5.74) is -0.191. The topological polar surface area (TPSA) is 222 Å². The van der Waals surface area contributed by atoms with Gasteiger partial charge in [-0.1, -0.05) is 0 Å². The second-order valence-electron chi connectivity index (χ2n) is 7.37. The fraction of sp³-hybridized carbons (Fsp3) is 0.667. The van der Waals surface area contributed by atoms with Gasteiger partial charge >= 0.3 is 0 Å². The van der Waals surface area contributed by atoms with Crippen LogP contribution in [0.1, 0.15) is 0 Å². The first-order chi connectivity index (χ1) is 15.2. The zero-order valence-electron chi connectivity index (χ0n) is 16.5. The molecule has 0 unspecified atom stereocenters. The summed E-state index contributed by atoms with van der Waals surface area (Å²) in [6.45, 7) is -1.42. The Labute approximate surface area is 180 Å². The highest BCUT2D eigenvalue weighted by Gasteiger charge is 2.51. The normalized spacial score (nSPS) is 40.1.